The van der Waals surface area contributed by atoms with E-state index in [1.165, 1.54) is 51.9 Å². The summed E-state index contributed by atoms with van der Waals surface area (Å²) in [5.74, 6) is 3.09. The Labute approximate surface area is 271 Å². The number of carbonyl (C=O) groups excluding carboxylic acids is 1. The first-order chi connectivity index (χ1) is 22.6. The monoisotopic (exact) mass is 624 g/mol. The summed E-state index contributed by atoms with van der Waals surface area (Å²) >= 11 is 0. The van der Waals surface area contributed by atoms with Gasteiger partial charge < -0.3 is 30.6 Å². The van der Waals surface area contributed by atoms with Gasteiger partial charge in [0.25, 0.3) is 0 Å². The predicted octanol–water partition coefficient (Wildman–Crippen LogP) is 6.74. The Morgan fingerprint density at radius 1 is 0.609 bits per heavy atom. The number of nitrogens with one attached hydrogen (secondary N) is 2. The number of hydrogen-bond acceptors (Lipinski definition) is 8. The van der Waals surface area contributed by atoms with Gasteiger partial charge in [-0.3, -0.25) is 14.8 Å². The van der Waals surface area contributed by atoms with E-state index in [1.807, 2.05) is 48.5 Å². The topological polar surface area (TPSA) is 114 Å². The van der Waals surface area contributed by atoms with Crippen LogP contribution in [-0.4, -0.2) is 73.3 Å². The molecule has 2 fully saturated rings. The molecule has 1 aromatic heterocycles. The molecule has 4 aromatic rings. The van der Waals surface area contributed by atoms with Crippen LogP contribution in [0.1, 0.15) is 25.7 Å². The van der Waals surface area contributed by atoms with Crippen molar-refractivity contribution in [3.63, 3.8) is 0 Å². The molecular formula is C36H44N6O4. The number of aromatic nitrogens is 1. The Bertz CT molecular complexity index is 1440. The molecule has 0 aliphatic carbocycles. The molecule has 2 amide bonds. The fraction of sp³-hybridized carbons (Fsp3) is 0.333. The van der Waals surface area contributed by atoms with Crippen molar-refractivity contribution in [2.24, 2.45) is 0 Å². The Kier molecular flexibility index (Phi) is 12.5. The third-order valence-electron chi connectivity index (χ3n) is 7.74. The van der Waals surface area contributed by atoms with Gasteiger partial charge in [0, 0.05) is 42.5 Å². The Morgan fingerprint density at radius 3 is 1.50 bits per heavy atom. The highest BCUT2D eigenvalue weighted by Gasteiger charge is 2.12. The first-order valence-corrected chi connectivity index (χ1v) is 16.0. The van der Waals surface area contributed by atoms with Crippen LogP contribution < -0.4 is 30.6 Å². The number of nitrogens with two attached hydrogens (primary N) is 1. The summed E-state index contributed by atoms with van der Waals surface area (Å²) in [4.78, 5) is 21.1. The molecule has 2 aliphatic rings. The van der Waals surface area contributed by atoms with Crippen molar-refractivity contribution in [2.75, 3.05) is 68.8 Å². The normalized spacial score (nSPS) is 14.6. The number of urea groups is 1. The lowest BCUT2D eigenvalue weighted by molar-refractivity contribution is 0.237. The first kappa shape index (κ1) is 32.6. The van der Waals surface area contributed by atoms with Gasteiger partial charge in [-0.2, -0.15) is 0 Å². The Morgan fingerprint density at radius 2 is 1.02 bits per heavy atom. The van der Waals surface area contributed by atoms with E-state index >= 15 is 0 Å². The summed E-state index contributed by atoms with van der Waals surface area (Å²) in [6.07, 6.45) is 8.58. The molecule has 3 heterocycles. The average Bonchev–Trinajstić information content (AvgIpc) is 3.80. The average molecular weight is 625 g/mol. The zero-order valence-corrected chi connectivity index (χ0v) is 26.3. The molecule has 10 heteroatoms. The van der Waals surface area contributed by atoms with Crippen molar-refractivity contribution >= 4 is 23.1 Å². The van der Waals surface area contributed by atoms with Crippen LogP contribution in [0.4, 0.5) is 21.9 Å². The van der Waals surface area contributed by atoms with Crippen LogP contribution in [0.2, 0.25) is 0 Å². The van der Waals surface area contributed by atoms with Gasteiger partial charge in [0.1, 0.15) is 36.2 Å². The van der Waals surface area contributed by atoms with E-state index in [4.69, 9.17) is 19.9 Å². The second-order valence-corrected chi connectivity index (χ2v) is 11.3. The summed E-state index contributed by atoms with van der Waals surface area (Å²) in [6, 6.07) is 25.4. The van der Waals surface area contributed by atoms with E-state index in [0.29, 0.717) is 29.5 Å². The molecular weight excluding hydrogens is 580 g/mol. The quantitative estimate of drug-likeness (QED) is 0.149. The molecule has 2 aliphatic heterocycles. The van der Waals surface area contributed by atoms with Crippen LogP contribution >= 0.6 is 0 Å². The third-order valence-corrected chi connectivity index (χ3v) is 7.74. The number of benzene rings is 3. The number of likely N-dealkylation sites (tertiary alicyclic amines) is 2. The molecule has 0 atom stereocenters. The number of anilines is 3. The number of hydrogen-bond donors (Lipinski definition) is 3. The maximum atomic E-state index is 12.3. The highest BCUT2D eigenvalue weighted by atomic mass is 16.5. The Hall–Kier alpha value is -4.80. The van der Waals surface area contributed by atoms with Crippen molar-refractivity contribution in [3.8, 4) is 23.0 Å². The minimum absolute atomic E-state index is 0.314. The molecule has 2 saturated heterocycles. The van der Waals surface area contributed by atoms with E-state index in [-0.39, 0.29) is 6.03 Å². The van der Waals surface area contributed by atoms with Crippen LogP contribution in [-0.2, 0) is 0 Å². The lowest BCUT2D eigenvalue weighted by Crippen LogP contribution is -2.25. The molecule has 3 aromatic carbocycles. The molecule has 0 spiro atoms. The van der Waals surface area contributed by atoms with E-state index in [9.17, 15) is 4.79 Å². The number of rotatable bonds is 12. The number of carbonyl (C=O) groups is 1. The second-order valence-electron chi connectivity index (χ2n) is 11.3. The summed E-state index contributed by atoms with van der Waals surface area (Å²) in [5.41, 5.74) is 7.73. The van der Waals surface area contributed by atoms with Crippen molar-refractivity contribution < 1.29 is 19.0 Å². The van der Waals surface area contributed by atoms with Gasteiger partial charge in [0.15, 0.2) is 0 Å². The second kappa shape index (κ2) is 17.6. The third kappa shape index (κ3) is 11.3. The van der Waals surface area contributed by atoms with Crippen molar-refractivity contribution in [2.45, 2.75) is 25.7 Å². The van der Waals surface area contributed by atoms with E-state index in [2.05, 4.69) is 25.4 Å². The van der Waals surface area contributed by atoms with Gasteiger partial charge in [-0.05, 0) is 137 Å². The highest BCUT2D eigenvalue weighted by Crippen LogP contribution is 2.23. The number of nitrogen functional groups attached to an aromatic ring is 1. The molecule has 0 bridgehead atoms. The number of nitrogens with zero attached hydrogens (tertiary/aromatic N) is 3. The maximum absolute atomic E-state index is 12.3. The maximum Gasteiger partial charge on any atom is 0.323 e. The van der Waals surface area contributed by atoms with Gasteiger partial charge in [-0.15, -0.1) is 0 Å². The lowest BCUT2D eigenvalue weighted by Gasteiger charge is -2.15. The molecule has 6 rings (SSSR count). The molecule has 0 radical (unpaired) electrons. The smallest absolute Gasteiger partial charge is 0.323 e. The number of ether oxygens (including phenoxy) is 3. The SMILES string of the molecule is Nc1ccc(OCCN2CCCC2)cc1.O=C(Nc1ccc(OCCN2CCCC2)cc1)Nc1ccc(Oc2ccncc2)cc1. The molecule has 10 nitrogen and oxygen atoms in total. The number of pyridine rings is 1. The van der Waals surface area contributed by atoms with Gasteiger partial charge in [-0.25, -0.2) is 4.79 Å². The van der Waals surface area contributed by atoms with Crippen LogP contribution in [0.25, 0.3) is 0 Å². The largest absolute Gasteiger partial charge is 0.492 e. The minimum Gasteiger partial charge on any atom is -0.492 e. The predicted molar refractivity (Wildman–Crippen MR) is 183 cm³/mol. The Balaban J connectivity index is 0.000000232. The van der Waals surface area contributed by atoms with Crippen molar-refractivity contribution in [1.29, 1.82) is 0 Å². The standard InChI is InChI=1S/C24H26N4O3.C12H18N2O/c29-24(27-20-5-9-22(10-6-20)31-23-11-13-25-14-12-23)26-19-3-7-21(8-4-19)30-18-17-28-15-1-2-16-28;13-11-3-5-12(6-4-11)15-10-9-14-7-1-2-8-14/h3-14H,1-2,15-18H2,(H2,26,27,29);3-6H,1-2,7-10,13H2. The summed E-state index contributed by atoms with van der Waals surface area (Å²) in [6.45, 7) is 8.22. The lowest BCUT2D eigenvalue weighted by atomic mass is 10.3. The van der Waals surface area contributed by atoms with E-state index in [0.717, 1.165) is 36.9 Å². The van der Waals surface area contributed by atoms with Crippen LogP contribution in [0, 0.1) is 0 Å². The van der Waals surface area contributed by atoms with Gasteiger partial charge in [-0.1, -0.05) is 0 Å². The van der Waals surface area contributed by atoms with E-state index < -0.39 is 0 Å². The number of amides is 2. The van der Waals surface area contributed by atoms with Crippen LogP contribution in [0.15, 0.2) is 97.3 Å². The zero-order valence-electron chi connectivity index (χ0n) is 26.3. The van der Waals surface area contributed by atoms with Gasteiger partial charge >= 0.3 is 6.03 Å². The molecule has 0 saturated carbocycles. The van der Waals surface area contributed by atoms with Crippen LogP contribution in [0.5, 0.6) is 23.0 Å². The molecule has 4 N–H and O–H groups in total. The fourth-order valence-electron chi connectivity index (χ4n) is 5.24. The summed E-state index contributed by atoms with van der Waals surface area (Å²) in [7, 11) is 0. The summed E-state index contributed by atoms with van der Waals surface area (Å²) in [5, 5.41) is 5.63. The first-order valence-electron chi connectivity index (χ1n) is 16.0. The molecule has 0 unspecified atom stereocenters. The molecule has 242 valence electrons. The van der Waals surface area contributed by atoms with Crippen molar-refractivity contribution in [3.05, 3.63) is 97.3 Å². The fourth-order valence-corrected chi connectivity index (χ4v) is 5.24. The van der Waals surface area contributed by atoms with Gasteiger partial charge in [0.2, 0.25) is 0 Å². The summed E-state index contributed by atoms with van der Waals surface area (Å²) < 4.78 is 17.1. The highest BCUT2D eigenvalue weighted by molar-refractivity contribution is 5.99. The zero-order chi connectivity index (χ0) is 31.8. The minimum atomic E-state index is -0.314. The van der Waals surface area contributed by atoms with Crippen LogP contribution in [0.3, 0.4) is 0 Å². The van der Waals surface area contributed by atoms with Crippen molar-refractivity contribution in [1.82, 2.24) is 14.8 Å². The van der Waals surface area contributed by atoms with E-state index in [1.54, 1.807) is 48.8 Å². The molecule has 46 heavy (non-hydrogen) atoms. The van der Waals surface area contributed by atoms with Gasteiger partial charge in [0.05, 0.1) is 0 Å².